The molecule has 2 aromatic rings. The quantitative estimate of drug-likeness (QED) is 0.884. The van der Waals surface area contributed by atoms with Crippen LogP contribution in [0.15, 0.2) is 18.2 Å². The molecule has 0 bridgehead atoms. The summed E-state index contributed by atoms with van der Waals surface area (Å²) in [5, 5.41) is 4.71. The largest absolute Gasteiger partial charge is 0.387 e. The molecule has 0 saturated heterocycles. The highest BCUT2D eigenvalue weighted by atomic mass is 14.9. The van der Waals surface area contributed by atoms with Gasteiger partial charge in [-0.2, -0.15) is 0 Å². The third-order valence-corrected chi connectivity index (χ3v) is 4.47. The third kappa shape index (κ3) is 1.99. The van der Waals surface area contributed by atoms with E-state index in [9.17, 15) is 0 Å². The minimum absolute atomic E-state index is 0.613. The van der Waals surface area contributed by atoms with E-state index in [1.165, 1.54) is 47.2 Å². The summed E-state index contributed by atoms with van der Waals surface area (Å²) in [6.45, 7) is 4.54. The fourth-order valence-electron chi connectivity index (χ4n) is 3.11. The maximum atomic E-state index is 4.85. The SMILES string of the molecule is CCC(C)c1ccc2nc3c(c(NC)c2c1)CCC3. The van der Waals surface area contributed by atoms with Crippen LogP contribution in [0.4, 0.5) is 5.69 Å². The van der Waals surface area contributed by atoms with E-state index in [1.807, 2.05) is 7.05 Å². The lowest BCUT2D eigenvalue weighted by Gasteiger charge is -2.15. The van der Waals surface area contributed by atoms with Gasteiger partial charge in [-0.25, -0.2) is 0 Å². The van der Waals surface area contributed by atoms with E-state index in [1.54, 1.807) is 0 Å². The Morgan fingerprint density at radius 3 is 2.89 bits per heavy atom. The van der Waals surface area contributed by atoms with Crippen molar-refractivity contribution in [2.45, 2.75) is 45.4 Å². The molecule has 1 aromatic carbocycles. The fraction of sp³-hybridized carbons (Fsp3) is 0.471. The van der Waals surface area contributed by atoms with Gasteiger partial charge in [-0.05, 0) is 54.9 Å². The van der Waals surface area contributed by atoms with Gasteiger partial charge in [0.05, 0.1) is 5.52 Å². The number of hydrogen-bond donors (Lipinski definition) is 1. The van der Waals surface area contributed by atoms with Crippen molar-refractivity contribution in [2.75, 3.05) is 12.4 Å². The van der Waals surface area contributed by atoms with E-state index in [0.717, 1.165) is 11.9 Å². The number of aryl methyl sites for hydroxylation is 1. The number of anilines is 1. The molecule has 19 heavy (non-hydrogen) atoms. The number of nitrogens with one attached hydrogen (secondary N) is 1. The van der Waals surface area contributed by atoms with E-state index in [0.29, 0.717) is 5.92 Å². The Labute approximate surface area is 115 Å². The number of fused-ring (bicyclic) bond motifs is 2. The zero-order chi connectivity index (χ0) is 13.4. The average Bonchev–Trinajstić information content (AvgIpc) is 2.91. The molecule has 0 spiro atoms. The molecule has 0 amide bonds. The van der Waals surface area contributed by atoms with Crippen molar-refractivity contribution in [3.63, 3.8) is 0 Å². The van der Waals surface area contributed by atoms with Crippen LogP contribution in [-0.4, -0.2) is 12.0 Å². The number of pyridine rings is 1. The molecule has 2 nitrogen and oxygen atoms in total. The highest BCUT2D eigenvalue weighted by Crippen LogP contribution is 2.35. The molecule has 1 aromatic heterocycles. The van der Waals surface area contributed by atoms with Crippen molar-refractivity contribution in [1.82, 2.24) is 4.98 Å². The summed E-state index contributed by atoms with van der Waals surface area (Å²) in [4.78, 5) is 4.85. The van der Waals surface area contributed by atoms with Gasteiger partial charge in [0.2, 0.25) is 0 Å². The molecule has 1 aliphatic rings. The number of nitrogens with zero attached hydrogens (tertiary/aromatic N) is 1. The molecular formula is C17H22N2. The van der Waals surface area contributed by atoms with Crippen molar-refractivity contribution >= 4 is 16.6 Å². The standard InChI is InChI=1S/C17H22N2/c1-4-11(2)12-8-9-16-14(10-12)17(18-3)13-6-5-7-15(13)19-16/h8-11H,4-7H2,1-3H3,(H,18,19). The second kappa shape index (κ2) is 4.84. The van der Waals surface area contributed by atoms with Gasteiger partial charge in [-0.15, -0.1) is 0 Å². The topological polar surface area (TPSA) is 24.9 Å². The van der Waals surface area contributed by atoms with Crippen LogP contribution >= 0.6 is 0 Å². The van der Waals surface area contributed by atoms with Crippen molar-refractivity contribution in [1.29, 1.82) is 0 Å². The first-order chi connectivity index (χ1) is 9.24. The summed E-state index contributed by atoms with van der Waals surface area (Å²) in [7, 11) is 2.03. The van der Waals surface area contributed by atoms with E-state index in [4.69, 9.17) is 4.98 Å². The predicted octanol–water partition coefficient (Wildman–Crippen LogP) is 4.28. The molecule has 1 aliphatic carbocycles. The smallest absolute Gasteiger partial charge is 0.0726 e. The summed E-state index contributed by atoms with van der Waals surface area (Å²) in [5.74, 6) is 0.613. The van der Waals surface area contributed by atoms with Crippen LogP contribution in [0.25, 0.3) is 10.9 Å². The summed E-state index contributed by atoms with van der Waals surface area (Å²) in [5.41, 5.74) is 6.61. The first-order valence-electron chi connectivity index (χ1n) is 7.37. The monoisotopic (exact) mass is 254 g/mol. The molecule has 0 aliphatic heterocycles. The van der Waals surface area contributed by atoms with E-state index in [2.05, 4.69) is 37.4 Å². The Hall–Kier alpha value is -1.57. The van der Waals surface area contributed by atoms with E-state index in [-0.39, 0.29) is 0 Å². The van der Waals surface area contributed by atoms with Gasteiger partial charge >= 0.3 is 0 Å². The Kier molecular flexibility index (Phi) is 3.17. The molecule has 1 heterocycles. The van der Waals surface area contributed by atoms with Gasteiger partial charge in [-0.1, -0.05) is 19.9 Å². The highest BCUT2D eigenvalue weighted by molar-refractivity contribution is 5.94. The van der Waals surface area contributed by atoms with Gasteiger partial charge in [0, 0.05) is 23.8 Å². The Bertz CT molecular complexity index is 616. The lowest BCUT2D eigenvalue weighted by atomic mass is 9.95. The summed E-state index contributed by atoms with van der Waals surface area (Å²) in [6.07, 6.45) is 4.72. The summed E-state index contributed by atoms with van der Waals surface area (Å²) < 4.78 is 0. The van der Waals surface area contributed by atoms with E-state index < -0.39 is 0 Å². The van der Waals surface area contributed by atoms with Gasteiger partial charge in [0.1, 0.15) is 0 Å². The van der Waals surface area contributed by atoms with Gasteiger partial charge in [0.15, 0.2) is 0 Å². The van der Waals surface area contributed by atoms with Crippen LogP contribution in [0.3, 0.4) is 0 Å². The first kappa shape index (κ1) is 12.5. The average molecular weight is 254 g/mol. The van der Waals surface area contributed by atoms with Crippen molar-refractivity contribution in [3.8, 4) is 0 Å². The Balaban J connectivity index is 2.24. The molecule has 1 N–H and O–H groups in total. The number of aromatic nitrogens is 1. The molecule has 0 fully saturated rings. The lowest BCUT2D eigenvalue weighted by molar-refractivity contribution is 0.734. The molecule has 0 radical (unpaired) electrons. The van der Waals surface area contributed by atoms with Gasteiger partial charge < -0.3 is 5.32 Å². The third-order valence-electron chi connectivity index (χ3n) is 4.47. The van der Waals surface area contributed by atoms with Crippen molar-refractivity contribution in [2.24, 2.45) is 0 Å². The number of rotatable bonds is 3. The number of benzene rings is 1. The van der Waals surface area contributed by atoms with Crippen LogP contribution in [0, 0.1) is 0 Å². The van der Waals surface area contributed by atoms with Gasteiger partial charge in [-0.3, -0.25) is 4.98 Å². The molecule has 100 valence electrons. The lowest BCUT2D eigenvalue weighted by Crippen LogP contribution is -2.00. The molecule has 2 heteroatoms. The van der Waals surface area contributed by atoms with E-state index >= 15 is 0 Å². The molecule has 1 atom stereocenters. The minimum atomic E-state index is 0.613. The Morgan fingerprint density at radius 2 is 2.16 bits per heavy atom. The zero-order valence-electron chi connectivity index (χ0n) is 12.1. The van der Waals surface area contributed by atoms with Crippen LogP contribution in [0.2, 0.25) is 0 Å². The van der Waals surface area contributed by atoms with Crippen molar-refractivity contribution < 1.29 is 0 Å². The minimum Gasteiger partial charge on any atom is -0.387 e. The van der Waals surface area contributed by atoms with Crippen LogP contribution in [0.5, 0.6) is 0 Å². The maximum absolute atomic E-state index is 4.85. The van der Waals surface area contributed by atoms with Crippen LogP contribution in [-0.2, 0) is 12.8 Å². The second-order valence-corrected chi connectivity index (χ2v) is 5.60. The molecule has 3 rings (SSSR count). The Morgan fingerprint density at radius 1 is 1.32 bits per heavy atom. The maximum Gasteiger partial charge on any atom is 0.0726 e. The van der Waals surface area contributed by atoms with Crippen LogP contribution in [0.1, 0.15) is 49.4 Å². The van der Waals surface area contributed by atoms with Crippen molar-refractivity contribution in [3.05, 3.63) is 35.0 Å². The molecule has 0 saturated carbocycles. The summed E-state index contributed by atoms with van der Waals surface area (Å²) >= 11 is 0. The summed E-state index contributed by atoms with van der Waals surface area (Å²) in [6, 6.07) is 6.77. The predicted molar refractivity (Wildman–Crippen MR) is 82.0 cm³/mol. The fourth-order valence-corrected chi connectivity index (χ4v) is 3.11. The normalized spacial score (nSPS) is 15.5. The van der Waals surface area contributed by atoms with Gasteiger partial charge in [0.25, 0.3) is 0 Å². The van der Waals surface area contributed by atoms with Crippen LogP contribution < -0.4 is 5.32 Å². The highest BCUT2D eigenvalue weighted by Gasteiger charge is 2.19. The molecule has 1 unspecified atom stereocenters. The molecular weight excluding hydrogens is 232 g/mol. The first-order valence-corrected chi connectivity index (χ1v) is 7.37. The second-order valence-electron chi connectivity index (χ2n) is 5.60. The number of hydrogen-bond acceptors (Lipinski definition) is 2. The zero-order valence-corrected chi connectivity index (χ0v) is 12.1.